The Labute approximate surface area is 90.8 Å². The van der Waals surface area contributed by atoms with Crippen LogP contribution in [0.5, 0.6) is 0 Å². The molecular weight excluding hydrogens is 192 g/mol. The minimum Gasteiger partial charge on any atom is -0.468 e. The second-order valence-electron chi connectivity index (χ2n) is 4.75. The zero-order valence-corrected chi connectivity index (χ0v) is 9.34. The first-order chi connectivity index (χ1) is 7.27. The Bertz CT molecular complexity index is 239. The summed E-state index contributed by atoms with van der Waals surface area (Å²) >= 11 is 0. The van der Waals surface area contributed by atoms with Crippen LogP contribution in [0.1, 0.15) is 19.3 Å². The van der Waals surface area contributed by atoms with Gasteiger partial charge in [0.05, 0.1) is 13.7 Å². The standard InChI is InChI=1S/C11H20N2O2/c1-15-10(14)7-12-5-9-6-13-8-11(9)3-2-4-11/h9,12-13H,2-8H2,1H3. The van der Waals surface area contributed by atoms with Gasteiger partial charge in [0.15, 0.2) is 0 Å². The smallest absolute Gasteiger partial charge is 0.319 e. The Kier molecular flexibility index (Phi) is 3.26. The molecule has 0 aromatic carbocycles. The molecule has 0 bridgehead atoms. The topological polar surface area (TPSA) is 50.4 Å². The van der Waals surface area contributed by atoms with Gasteiger partial charge in [-0.05, 0) is 30.7 Å². The molecule has 15 heavy (non-hydrogen) atoms. The van der Waals surface area contributed by atoms with Gasteiger partial charge in [-0.3, -0.25) is 4.79 Å². The Morgan fingerprint density at radius 1 is 1.60 bits per heavy atom. The number of carbonyl (C=O) groups is 1. The third-order valence-electron chi connectivity index (χ3n) is 3.97. The van der Waals surface area contributed by atoms with Crippen LogP contribution in [0.15, 0.2) is 0 Å². The van der Waals surface area contributed by atoms with Gasteiger partial charge >= 0.3 is 5.97 Å². The number of ether oxygens (including phenoxy) is 1. The Hall–Kier alpha value is -0.610. The molecule has 1 unspecified atom stereocenters. The van der Waals surface area contributed by atoms with Crippen LogP contribution in [0, 0.1) is 11.3 Å². The fraction of sp³-hybridized carbons (Fsp3) is 0.909. The van der Waals surface area contributed by atoms with E-state index in [1.165, 1.54) is 26.4 Å². The molecule has 1 heterocycles. The highest BCUT2D eigenvalue weighted by atomic mass is 16.5. The summed E-state index contributed by atoms with van der Waals surface area (Å²) in [5, 5.41) is 6.65. The molecule has 4 heteroatoms. The third kappa shape index (κ3) is 2.16. The maximum Gasteiger partial charge on any atom is 0.319 e. The first-order valence-corrected chi connectivity index (χ1v) is 5.75. The van der Waals surface area contributed by atoms with Crippen LogP contribution in [-0.4, -0.2) is 39.3 Å². The molecule has 0 radical (unpaired) electrons. The van der Waals surface area contributed by atoms with Gasteiger partial charge in [-0.2, -0.15) is 0 Å². The molecule has 1 spiro atoms. The second-order valence-corrected chi connectivity index (χ2v) is 4.75. The van der Waals surface area contributed by atoms with E-state index in [1.807, 2.05) is 0 Å². The Morgan fingerprint density at radius 2 is 2.40 bits per heavy atom. The van der Waals surface area contributed by atoms with Crippen molar-refractivity contribution >= 4 is 5.97 Å². The molecule has 1 atom stereocenters. The summed E-state index contributed by atoms with van der Waals surface area (Å²) in [6, 6.07) is 0. The van der Waals surface area contributed by atoms with Crippen molar-refractivity contribution in [3.05, 3.63) is 0 Å². The van der Waals surface area contributed by atoms with Crippen LogP contribution < -0.4 is 10.6 Å². The van der Waals surface area contributed by atoms with Crippen LogP contribution in [0.25, 0.3) is 0 Å². The molecule has 1 aliphatic carbocycles. The fourth-order valence-electron chi connectivity index (χ4n) is 2.78. The van der Waals surface area contributed by atoms with E-state index in [4.69, 9.17) is 0 Å². The lowest BCUT2D eigenvalue weighted by molar-refractivity contribution is -0.139. The number of rotatable bonds is 4. The predicted octanol–water partition coefficient (Wildman–Crippen LogP) is 0.139. The first-order valence-electron chi connectivity index (χ1n) is 5.75. The van der Waals surface area contributed by atoms with Crippen molar-refractivity contribution in [3.63, 3.8) is 0 Å². The molecule has 0 aromatic rings. The van der Waals surface area contributed by atoms with E-state index in [2.05, 4.69) is 15.4 Å². The summed E-state index contributed by atoms with van der Waals surface area (Å²) in [7, 11) is 1.43. The van der Waals surface area contributed by atoms with E-state index in [9.17, 15) is 4.79 Å². The molecule has 4 nitrogen and oxygen atoms in total. The van der Waals surface area contributed by atoms with Gasteiger partial charge in [0.2, 0.25) is 0 Å². The summed E-state index contributed by atoms with van der Waals surface area (Å²) in [6.45, 7) is 3.52. The van der Waals surface area contributed by atoms with Gasteiger partial charge in [0.25, 0.3) is 0 Å². The average molecular weight is 212 g/mol. The van der Waals surface area contributed by atoms with E-state index in [0.29, 0.717) is 17.9 Å². The maximum atomic E-state index is 10.9. The Balaban J connectivity index is 1.72. The average Bonchev–Trinajstić information content (AvgIpc) is 2.61. The molecule has 1 aliphatic heterocycles. The normalized spacial score (nSPS) is 27.7. The van der Waals surface area contributed by atoms with Crippen molar-refractivity contribution in [3.8, 4) is 0 Å². The second kappa shape index (κ2) is 4.49. The third-order valence-corrected chi connectivity index (χ3v) is 3.97. The fourth-order valence-corrected chi connectivity index (χ4v) is 2.78. The van der Waals surface area contributed by atoms with Crippen LogP contribution in [0.3, 0.4) is 0 Å². The number of hydrogen-bond donors (Lipinski definition) is 2. The van der Waals surface area contributed by atoms with Crippen LogP contribution in [0.4, 0.5) is 0 Å². The van der Waals surface area contributed by atoms with Gasteiger partial charge in [-0.1, -0.05) is 6.42 Å². The minimum absolute atomic E-state index is 0.177. The highest BCUT2D eigenvalue weighted by Crippen LogP contribution is 2.48. The summed E-state index contributed by atoms with van der Waals surface area (Å²) in [4.78, 5) is 10.9. The lowest BCUT2D eigenvalue weighted by atomic mass is 9.63. The summed E-state index contributed by atoms with van der Waals surface area (Å²) in [5.41, 5.74) is 0.545. The molecule has 2 fully saturated rings. The van der Waals surface area contributed by atoms with E-state index >= 15 is 0 Å². The number of hydrogen-bond acceptors (Lipinski definition) is 4. The van der Waals surface area contributed by atoms with Gasteiger partial charge in [-0.15, -0.1) is 0 Å². The van der Waals surface area contributed by atoms with Crippen molar-refractivity contribution in [2.75, 3.05) is 33.3 Å². The summed E-state index contributed by atoms with van der Waals surface area (Å²) in [5.74, 6) is 0.513. The molecule has 0 amide bonds. The van der Waals surface area contributed by atoms with Gasteiger partial charge in [-0.25, -0.2) is 0 Å². The lowest BCUT2D eigenvalue weighted by Gasteiger charge is -2.43. The first kappa shape index (κ1) is 10.9. The number of esters is 1. The van der Waals surface area contributed by atoms with E-state index in [1.54, 1.807) is 0 Å². The van der Waals surface area contributed by atoms with E-state index in [-0.39, 0.29) is 5.97 Å². The highest BCUT2D eigenvalue weighted by Gasteiger charge is 2.46. The summed E-state index contributed by atoms with van der Waals surface area (Å²) < 4.78 is 4.59. The molecule has 2 N–H and O–H groups in total. The minimum atomic E-state index is -0.177. The van der Waals surface area contributed by atoms with Crippen LogP contribution >= 0.6 is 0 Å². The quantitative estimate of drug-likeness (QED) is 0.651. The van der Waals surface area contributed by atoms with Crippen LogP contribution in [0.2, 0.25) is 0 Å². The summed E-state index contributed by atoms with van der Waals surface area (Å²) in [6.07, 6.45) is 4.07. The highest BCUT2D eigenvalue weighted by molar-refractivity contribution is 5.71. The number of methoxy groups -OCH3 is 1. The monoisotopic (exact) mass is 212 g/mol. The van der Waals surface area contributed by atoms with Crippen molar-refractivity contribution in [1.29, 1.82) is 0 Å². The lowest BCUT2D eigenvalue weighted by Crippen LogP contribution is -2.42. The zero-order chi connectivity index (χ0) is 10.7. The number of carbonyl (C=O) groups excluding carboxylic acids is 1. The van der Waals surface area contributed by atoms with Gasteiger partial charge in [0.1, 0.15) is 0 Å². The molecule has 0 aromatic heterocycles. The van der Waals surface area contributed by atoms with Crippen molar-refractivity contribution in [2.45, 2.75) is 19.3 Å². The molecule has 2 aliphatic rings. The van der Waals surface area contributed by atoms with Crippen molar-refractivity contribution in [2.24, 2.45) is 11.3 Å². The molecule has 2 rings (SSSR count). The van der Waals surface area contributed by atoms with Gasteiger partial charge in [0, 0.05) is 13.1 Å². The SMILES string of the molecule is COC(=O)CNCC1CNCC12CCC2. The molecule has 1 saturated carbocycles. The molecular formula is C11H20N2O2. The predicted molar refractivity (Wildman–Crippen MR) is 57.5 cm³/mol. The Morgan fingerprint density at radius 3 is 3.00 bits per heavy atom. The maximum absolute atomic E-state index is 10.9. The van der Waals surface area contributed by atoms with E-state index in [0.717, 1.165) is 19.6 Å². The largest absolute Gasteiger partial charge is 0.468 e. The van der Waals surface area contributed by atoms with Crippen molar-refractivity contribution < 1.29 is 9.53 Å². The van der Waals surface area contributed by atoms with E-state index < -0.39 is 0 Å². The van der Waals surface area contributed by atoms with Crippen molar-refractivity contribution in [1.82, 2.24) is 10.6 Å². The van der Waals surface area contributed by atoms with Gasteiger partial charge < -0.3 is 15.4 Å². The van der Waals surface area contributed by atoms with Crippen LogP contribution in [-0.2, 0) is 9.53 Å². The number of nitrogens with one attached hydrogen (secondary N) is 2. The zero-order valence-electron chi connectivity index (χ0n) is 9.34. The molecule has 1 saturated heterocycles. The molecule has 86 valence electrons.